The molecule has 0 bridgehead atoms. The summed E-state index contributed by atoms with van der Waals surface area (Å²) in [7, 11) is 0. The van der Waals surface area contributed by atoms with E-state index in [1.165, 1.54) is 5.56 Å². The van der Waals surface area contributed by atoms with Gasteiger partial charge in [-0.05, 0) is 55.8 Å². The molecule has 1 fully saturated rings. The largest absolute Gasteiger partial charge is 0.326 e. The fourth-order valence-corrected chi connectivity index (χ4v) is 3.53. The van der Waals surface area contributed by atoms with Crippen LogP contribution in [0, 0.1) is 5.92 Å². The molecule has 0 atom stereocenters. The number of nitrogens with one attached hydrogen (secondary N) is 2. The predicted octanol–water partition coefficient (Wildman–Crippen LogP) is 3.32. The lowest BCUT2D eigenvalue weighted by Gasteiger charge is -2.31. The molecule has 6 heteroatoms. The number of aromatic nitrogens is 3. The zero-order valence-electron chi connectivity index (χ0n) is 15.1. The molecule has 27 heavy (non-hydrogen) atoms. The second-order valence-corrected chi connectivity index (χ2v) is 6.95. The van der Waals surface area contributed by atoms with E-state index < -0.39 is 0 Å². The molecule has 1 saturated heterocycles. The van der Waals surface area contributed by atoms with Crippen LogP contribution < -0.4 is 5.32 Å². The quantitative estimate of drug-likeness (QED) is 0.731. The maximum Gasteiger partial charge on any atom is 0.227 e. The Balaban J connectivity index is 1.31. The molecule has 3 heterocycles. The highest BCUT2D eigenvalue weighted by molar-refractivity contribution is 5.93. The number of nitrogens with zero attached hydrogens (tertiary/aromatic N) is 3. The lowest BCUT2D eigenvalue weighted by Crippen LogP contribution is -2.37. The van der Waals surface area contributed by atoms with Gasteiger partial charge in [0.05, 0.1) is 5.69 Å². The maximum atomic E-state index is 12.7. The molecule has 0 aliphatic carbocycles. The van der Waals surface area contributed by atoms with Gasteiger partial charge in [-0.25, -0.2) is 0 Å². The third-order valence-corrected chi connectivity index (χ3v) is 5.03. The van der Waals surface area contributed by atoms with Gasteiger partial charge in [-0.15, -0.1) is 0 Å². The van der Waals surface area contributed by atoms with Gasteiger partial charge in [0.15, 0.2) is 0 Å². The number of amides is 1. The first kappa shape index (κ1) is 17.4. The van der Waals surface area contributed by atoms with Crippen LogP contribution >= 0.6 is 0 Å². The number of likely N-dealkylation sites (tertiary alicyclic amines) is 1. The molecule has 2 N–H and O–H groups in total. The molecule has 0 radical (unpaired) electrons. The van der Waals surface area contributed by atoms with E-state index >= 15 is 0 Å². The monoisotopic (exact) mass is 361 g/mol. The van der Waals surface area contributed by atoms with Crippen molar-refractivity contribution in [1.29, 1.82) is 0 Å². The van der Waals surface area contributed by atoms with Gasteiger partial charge >= 0.3 is 0 Å². The van der Waals surface area contributed by atoms with Crippen molar-refractivity contribution in [3.8, 4) is 11.3 Å². The first-order chi connectivity index (χ1) is 13.3. The summed E-state index contributed by atoms with van der Waals surface area (Å²) in [6.45, 7) is 2.76. The summed E-state index contributed by atoms with van der Waals surface area (Å²) in [4.78, 5) is 19.2. The molecular weight excluding hydrogens is 338 g/mol. The van der Waals surface area contributed by atoms with Crippen LogP contribution in [0.5, 0.6) is 0 Å². The molecule has 0 unspecified atom stereocenters. The molecule has 0 saturated carbocycles. The van der Waals surface area contributed by atoms with E-state index in [9.17, 15) is 4.79 Å². The zero-order valence-corrected chi connectivity index (χ0v) is 15.1. The third-order valence-electron chi connectivity index (χ3n) is 5.03. The number of carbonyl (C=O) groups is 1. The smallest absolute Gasteiger partial charge is 0.227 e. The standard InChI is InChI=1S/C21H23N5O/c27-21(24-19-5-1-4-18(13-19)20-6-10-23-25-20)17-7-11-26(12-8-17)15-16-3-2-9-22-14-16/h1-6,9-10,13-14,17H,7-8,11-12,15H2,(H,23,25)(H,24,27). The average molecular weight is 361 g/mol. The predicted molar refractivity (Wildman–Crippen MR) is 105 cm³/mol. The highest BCUT2D eigenvalue weighted by Gasteiger charge is 2.25. The Hall–Kier alpha value is -2.99. The van der Waals surface area contributed by atoms with Gasteiger partial charge in [0.2, 0.25) is 5.91 Å². The fourth-order valence-electron chi connectivity index (χ4n) is 3.53. The summed E-state index contributed by atoms with van der Waals surface area (Å²) < 4.78 is 0. The molecule has 1 amide bonds. The summed E-state index contributed by atoms with van der Waals surface area (Å²) in [5, 5.41) is 10.0. The zero-order chi connectivity index (χ0) is 18.5. The van der Waals surface area contributed by atoms with Gasteiger partial charge in [-0.3, -0.25) is 19.8 Å². The molecule has 1 aliphatic rings. The van der Waals surface area contributed by atoms with Gasteiger partial charge in [0.1, 0.15) is 0 Å². The third kappa shape index (κ3) is 4.41. The van der Waals surface area contributed by atoms with Crippen molar-refractivity contribution in [3.63, 3.8) is 0 Å². The molecule has 1 aromatic carbocycles. The normalized spacial score (nSPS) is 15.6. The van der Waals surface area contributed by atoms with Gasteiger partial charge in [-0.1, -0.05) is 18.2 Å². The summed E-state index contributed by atoms with van der Waals surface area (Å²) in [5.41, 5.74) is 3.99. The van der Waals surface area contributed by atoms with Crippen molar-refractivity contribution in [1.82, 2.24) is 20.1 Å². The number of anilines is 1. The molecule has 1 aliphatic heterocycles. The average Bonchev–Trinajstić information content (AvgIpc) is 3.24. The van der Waals surface area contributed by atoms with E-state index in [1.54, 1.807) is 12.4 Å². The van der Waals surface area contributed by atoms with Crippen molar-refractivity contribution in [3.05, 3.63) is 66.6 Å². The highest BCUT2D eigenvalue weighted by atomic mass is 16.1. The van der Waals surface area contributed by atoms with E-state index in [1.807, 2.05) is 42.6 Å². The number of hydrogen-bond acceptors (Lipinski definition) is 4. The minimum atomic E-state index is 0.0611. The number of benzene rings is 1. The number of rotatable bonds is 5. The Morgan fingerprint density at radius 3 is 2.78 bits per heavy atom. The van der Waals surface area contributed by atoms with Crippen molar-refractivity contribution < 1.29 is 4.79 Å². The van der Waals surface area contributed by atoms with Crippen LogP contribution in [-0.2, 0) is 11.3 Å². The number of piperidine rings is 1. The van der Waals surface area contributed by atoms with Gasteiger partial charge in [0, 0.05) is 42.3 Å². The van der Waals surface area contributed by atoms with Crippen LogP contribution in [0.25, 0.3) is 11.3 Å². The first-order valence-corrected chi connectivity index (χ1v) is 9.30. The Morgan fingerprint density at radius 1 is 1.15 bits per heavy atom. The number of hydrogen-bond donors (Lipinski definition) is 2. The topological polar surface area (TPSA) is 73.9 Å². The van der Waals surface area contributed by atoms with Crippen LogP contribution in [0.1, 0.15) is 18.4 Å². The van der Waals surface area contributed by atoms with Crippen LogP contribution in [-0.4, -0.2) is 39.1 Å². The van der Waals surface area contributed by atoms with Gasteiger partial charge in [0.25, 0.3) is 0 Å². The van der Waals surface area contributed by atoms with E-state index in [0.29, 0.717) is 0 Å². The lowest BCUT2D eigenvalue weighted by molar-refractivity contribution is -0.121. The first-order valence-electron chi connectivity index (χ1n) is 9.30. The number of carbonyl (C=O) groups excluding carboxylic acids is 1. The Labute approximate surface area is 158 Å². The molecule has 0 spiro atoms. The van der Waals surface area contributed by atoms with Crippen molar-refractivity contribution in [2.75, 3.05) is 18.4 Å². The second-order valence-electron chi connectivity index (χ2n) is 6.95. The number of pyridine rings is 1. The van der Waals surface area contributed by atoms with Crippen molar-refractivity contribution in [2.45, 2.75) is 19.4 Å². The molecular formula is C21H23N5O. The summed E-state index contributed by atoms with van der Waals surface area (Å²) >= 11 is 0. The minimum Gasteiger partial charge on any atom is -0.326 e. The molecule has 138 valence electrons. The summed E-state index contributed by atoms with van der Waals surface area (Å²) in [6.07, 6.45) is 7.19. The Bertz CT molecular complexity index is 871. The van der Waals surface area contributed by atoms with Crippen LogP contribution in [0.15, 0.2) is 61.1 Å². The minimum absolute atomic E-state index is 0.0611. The van der Waals surface area contributed by atoms with Gasteiger partial charge < -0.3 is 5.32 Å². The molecule has 2 aromatic heterocycles. The summed E-state index contributed by atoms with van der Waals surface area (Å²) in [5.74, 6) is 0.170. The number of H-pyrrole nitrogens is 1. The SMILES string of the molecule is O=C(Nc1cccc(-c2ccn[nH]2)c1)C1CCN(Cc2cccnc2)CC1. The fraction of sp³-hybridized carbons (Fsp3) is 0.286. The van der Waals surface area contributed by atoms with Crippen LogP contribution in [0.2, 0.25) is 0 Å². The Kier molecular flexibility index (Phi) is 5.25. The van der Waals surface area contributed by atoms with Crippen LogP contribution in [0.3, 0.4) is 0 Å². The van der Waals surface area contributed by atoms with E-state index in [4.69, 9.17) is 0 Å². The molecule has 6 nitrogen and oxygen atoms in total. The summed E-state index contributed by atoms with van der Waals surface area (Å²) in [6, 6.07) is 13.8. The second kappa shape index (κ2) is 8.14. The highest BCUT2D eigenvalue weighted by Crippen LogP contribution is 2.23. The molecule has 4 rings (SSSR count). The lowest BCUT2D eigenvalue weighted by atomic mass is 9.95. The van der Waals surface area contributed by atoms with Crippen molar-refractivity contribution >= 4 is 11.6 Å². The van der Waals surface area contributed by atoms with E-state index in [0.717, 1.165) is 49.4 Å². The van der Waals surface area contributed by atoms with Crippen LogP contribution in [0.4, 0.5) is 5.69 Å². The van der Waals surface area contributed by atoms with E-state index in [-0.39, 0.29) is 11.8 Å². The number of aromatic amines is 1. The van der Waals surface area contributed by atoms with Crippen molar-refractivity contribution in [2.24, 2.45) is 5.92 Å². The van der Waals surface area contributed by atoms with E-state index in [2.05, 4.69) is 31.5 Å². The van der Waals surface area contributed by atoms with Gasteiger partial charge in [-0.2, -0.15) is 5.10 Å². The Morgan fingerprint density at radius 2 is 2.04 bits per heavy atom. The maximum absolute atomic E-state index is 12.7. The molecule has 3 aromatic rings.